The Morgan fingerprint density at radius 3 is 2.26 bits per heavy atom. The van der Waals surface area contributed by atoms with Crippen molar-refractivity contribution in [1.29, 1.82) is 0 Å². The van der Waals surface area contributed by atoms with Gasteiger partial charge < -0.3 is 20.9 Å². The van der Waals surface area contributed by atoms with Crippen molar-refractivity contribution in [1.82, 2.24) is 19.6 Å². The molecule has 9 nitrogen and oxygen atoms in total. The van der Waals surface area contributed by atoms with Crippen molar-refractivity contribution in [3.05, 3.63) is 101 Å². The van der Waals surface area contributed by atoms with Crippen LogP contribution >= 0.6 is 23.5 Å². The van der Waals surface area contributed by atoms with Crippen molar-refractivity contribution in [3.8, 4) is 0 Å². The van der Waals surface area contributed by atoms with Gasteiger partial charge in [-0.05, 0) is 98.5 Å². The number of aromatic nitrogens is 2. The fraction of sp³-hybridized carbons (Fsp3) is 0.250. The van der Waals surface area contributed by atoms with Gasteiger partial charge in [0.1, 0.15) is 0 Å². The Labute approximate surface area is 273 Å². The number of halogens is 4. The van der Waals surface area contributed by atoms with E-state index in [1.54, 1.807) is 11.9 Å². The first-order valence-electron chi connectivity index (χ1n) is 14.5. The van der Waals surface area contributed by atoms with Crippen LogP contribution in [0.2, 0.25) is 5.02 Å². The number of piperidine rings is 1. The summed E-state index contributed by atoms with van der Waals surface area (Å²) in [5.41, 5.74) is 0.165. The number of benzene rings is 3. The molecule has 0 unspecified atom stereocenters. The first kappa shape index (κ1) is 33.2. The minimum atomic E-state index is -4.59. The minimum Gasteiger partial charge on any atom is -0.324 e. The summed E-state index contributed by atoms with van der Waals surface area (Å²) in [6.07, 6.45) is 2.17. The second kappa shape index (κ2) is 15.4. The van der Waals surface area contributed by atoms with Crippen molar-refractivity contribution < 1.29 is 22.8 Å². The smallest absolute Gasteiger partial charge is 0.324 e. The van der Waals surface area contributed by atoms with Gasteiger partial charge in [-0.1, -0.05) is 24.1 Å². The molecule has 5 rings (SSSR count). The summed E-state index contributed by atoms with van der Waals surface area (Å²) in [4.78, 5) is 37.6. The van der Waals surface area contributed by atoms with Crippen LogP contribution in [0.3, 0.4) is 0 Å². The van der Waals surface area contributed by atoms with Gasteiger partial charge in [0.25, 0.3) is 11.8 Å². The van der Waals surface area contributed by atoms with Gasteiger partial charge in [0.05, 0.1) is 34.2 Å². The van der Waals surface area contributed by atoms with Gasteiger partial charge in [-0.25, -0.2) is 9.97 Å². The second-order valence-corrected chi connectivity index (χ2v) is 11.9. The Bertz CT molecular complexity index is 1650. The number of amides is 2. The zero-order chi connectivity index (χ0) is 32.5. The summed E-state index contributed by atoms with van der Waals surface area (Å²) >= 11 is 7.82. The number of rotatable bonds is 11. The second-order valence-electron chi connectivity index (χ2n) is 10.5. The van der Waals surface area contributed by atoms with E-state index in [9.17, 15) is 22.8 Å². The van der Waals surface area contributed by atoms with Crippen LogP contribution in [-0.2, 0) is 6.18 Å². The molecule has 0 bridgehead atoms. The molecule has 2 heterocycles. The molecule has 0 atom stereocenters. The zero-order valence-electron chi connectivity index (χ0n) is 24.5. The monoisotopic (exact) mass is 669 g/mol. The first-order valence-corrected chi connectivity index (χ1v) is 15.7. The molecule has 46 heavy (non-hydrogen) atoms. The van der Waals surface area contributed by atoms with E-state index in [-0.39, 0.29) is 21.8 Å². The molecule has 4 N–H and O–H groups in total. The van der Waals surface area contributed by atoms with Crippen LogP contribution in [0, 0.1) is 0 Å². The van der Waals surface area contributed by atoms with Gasteiger partial charge in [0.15, 0.2) is 0 Å². The van der Waals surface area contributed by atoms with Gasteiger partial charge in [-0.15, -0.1) is 0 Å². The summed E-state index contributed by atoms with van der Waals surface area (Å²) in [7, 11) is 0. The Morgan fingerprint density at radius 2 is 1.54 bits per heavy atom. The van der Waals surface area contributed by atoms with Crippen molar-refractivity contribution >= 4 is 58.4 Å². The summed E-state index contributed by atoms with van der Waals surface area (Å²) < 4.78 is 42.5. The highest BCUT2D eigenvalue weighted by atomic mass is 35.5. The van der Waals surface area contributed by atoms with E-state index >= 15 is 0 Å². The molecular weight excluding hydrogens is 639 g/mol. The van der Waals surface area contributed by atoms with Crippen LogP contribution in [0.1, 0.15) is 45.5 Å². The lowest BCUT2D eigenvalue weighted by molar-refractivity contribution is -0.137. The highest BCUT2D eigenvalue weighted by Crippen LogP contribution is 2.30. The molecule has 1 aromatic heterocycles. The molecule has 0 radical (unpaired) electrons. The lowest BCUT2D eigenvalue weighted by atomic mass is 10.1. The number of anilines is 4. The van der Waals surface area contributed by atoms with E-state index in [1.165, 1.54) is 69.0 Å². The molecule has 1 saturated heterocycles. The quantitative estimate of drug-likeness (QED) is 0.0961. The first-order chi connectivity index (χ1) is 22.1. The maximum atomic E-state index is 13.0. The highest BCUT2D eigenvalue weighted by molar-refractivity contribution is 7.97. The molecule has 240 valence electrons. The van der Waals surface area contributed by atoms with Crippen LogP contribution in [-0.4, -0.2) is 52.9 Å². The lowest BCUT2D eigenvalue weighted by Gasteiger charge is -2.26. The fourth-order valence-corrected chi connectivity index (χ4v) is 5.56. The third kappa shape index (κ3) is 9.42. The Kier molecular flexibility index (Phi) is 11.1. The maximum Gasteiger partial charge on any atom is 0.416 e. The molecule has 1 fully saturated rings. The predicted octanol–water partition coefficient (Wildman–Crippen LogP) is 7.48. The van der Waals surface area contributed by atoms with Crippen molar-refractivity contribution in [2.45, 2.75) is 30.3 Å². The number of carbonyl (C=O) groups excluding carboxylic acids is 2. The number of likely N-dealkylation sites (tertiary alicyclic amines) is 1. The van der Waals surface area contributed by atoms with Gasteiger partial charge in [0, 0.05) is 34.9 Å². The molecule has 14 heteroatoms. The molecule has 1 aliphatic heterocycles. The van der Waals surface area contributed by atoms with Crippen LogP contribution in [0.15, 0.2) is 84.0 Å². The third-order valence-corrected chi connectivity index (χ3v) is 8.30. The zero-order valence-corrected chi connectivity index (χ0v) is 26.1. The SMILES string of the molecule is O=C(Nc1ccc(Cl)c(C(=O)Nc2cnc(Nc3ccc(SNCCN4CCCCC4)cc3)nc2)c1)c1cccc(C(F)(F)F)c1. The number of nitrogens with one attached hydrogen (secondary N) is 4. The van der Waals surface area contributed by atoms with Gasteiger partial charge in [-0.3, -0.25) is 14.3 Å². The Hall–Kier alpha value is -4.17. The Balaban J connectivity index is 1.12. The topological polar surface area (TPSA) is 111 Å². The summed E-state index contributed by atoms with van der Waals surface area (Å²) in [6, 6.07) is 16.0. The lowest BCUT2D eigenvalue weighted by Crippen LogP contribution is -2.34. The molecule has 3 aromatic carbocycles. The van der Waals surface area contributed by atoms with Gasteiger partial charge >= 0.3 is 6.18 Å². The Morgan fingerprint density at radius 1 is 0.848 bits per heavy atom. The normalized spacial score (nSPS) is 13.7. The van der Waals surface area contributed by atoms with Crippen LogP contribution < -0.4 is 20.7 Å². The fourth-order valence-electron chi connectivity index (χ4n) is 4.73. The average molecular weight is 670 g/mol. The maximum absolute atomic E-state index is 13.0. The molecule has 0 spiro atoms. The summed E-state index contributed by atoms with van der Waals surface area (Å²) in [5, 5.41) is 8.37. The minimum absolute atomic E-state index is 0.0321. The largest absolute Gasteiger partial charge is 0.416 e. The van der Waals surface area contributed by atoms with E-state index in [2.05, 4.69) is 35.5 Å². The molecule has 4 aromatic rings. The number of alkyl halides is 3. The molecule has 0 aliphatic carbocycles. The van der Waals surface area contributed by atoms with Crippen LogP contribution in [0.25, 0.3) is 0 Å². The van der Waals surface area contributed by atoms with E-state index in [0.29, 0.717) is 11.6 Å². The van der Waals surface area contributed by atoms with E-state index < -0.39 is 23.6 Å². The number of hydrogen-bond acceptors (Lipinski definition) is 8. The van der Waals surface area contributed by atoms with Gasteiger partial charge in [0.2, 0.25) is 5.95 Å². The molecule has 1 aliphatic rings. The molecular formula is C32H31ClF3N7O2S. The number of hydrogen-bond donors (Lipinski definition) is 4. The molecule has 0 saturated carbocycles. The van der Waals surface area contributed by atoms with Crippen molar-refractivity contribution in [2.75, 3.05) is 42.1 Å². The molecule has 2 amide bonds. The van der Waals surface area contributed by atoms with Crippen molar-refractivity contribution in [2.24, 2.45) is 0 Å². The number of carbonyl (C=O) groups is 2. The standard InChI is InChI=1S/C32H31ClF3N7O2S/c33-28-12-9-24(40-29(44)21-5-4-6-22(17-21)32(34,35)36)18-27(28)30(45)41-25-19-37-31(38-20-25)42-23-7-10-26(11-8-23)46-39-13-16-43-14-2-1-3-15-43/h4-12,17-20,39H,1-3,13-16H2,(H,40,44)(H,41,45)(H,37,38,42). The summed E-state index contributed by atoms with van der Waals surface area (Å²) in [5.74, 6) is -1.04. The highest BCUT2D eigenvalue weighted by Gasteiger charge is 2.31. The summed E-state index contributed by atoms with van der Waals surface area (Å²) in [6.45, 7) is 4.33. The van der Waals surface area contributed by atoms with Gasteiger partial charge in [-0.2, -0.15) is 13.2 Å². The van der Waals surface area contributed by atoms with Crippen LogP contribution in [0.5, 0.6) is 0 Å². The predicted molar refractivity (Wildman–Crippen MR) is 175 cm³/mol. The van der Waals surface area contributed by atoms with E-state index in [0.717, 1.165) is 41.9 Å². The van der Waals surface area contributed by atoms with E-state index in [1.807, 2.05) is 24.3 Å². The average Bonchev–Trinajstić information content (AvgIpc) is 3.06. The van der Waals surface area contributed by atoms with E-state index in [4.69, 9.17) is 11.6 Å². The number of nitrogens with zero attached hydrogens (tertiary/aromatic N) is 3. The van der Waals surface area contributed by atoms with Crippen LogP contribution in [0.4, 0.5) is 36.2 Å². The third-order valence-electron chi connectivity index (χ3n) is 7.11. The van der Waals surface area contributed by atoms with Crippen molar-refractivity contribution in [3.63, 3.8) is 0 Å².